The number of carboxylic acid groups (broad SMARTS) is 1. The van der Waals surface area contributed by atoms with Crippen molar-refractivity contribution in [3.63, 3.8) is 0 Å². The third kappa shape index (κ3) is 3.07. The summed E-state index contributed by atoms with van der Waals surface area (Å²) in [6.07, 6.45) is 1.66. The topological polar surface area (TPSA) is 78.4 Å². The first-order chi connectivity index (χ1) is 8.93. The fraction of sp³-hybridized carbons (Fsp3) is 0.385. The number of para-hydroxylation sites is 1. The van der Waals surface area contributed by atoms with E-state index in [9.17, 15) is 14.7 Å². The first-order valence-electron chi connectivity index (χ1n) is 6.00. The molecule has 1 saturated carbocycles. The number of aliphatic carboxylic acids is 1. The molecule has 1 fully saturated rings. The first kappa shape index (κ1) is 13.9. The van der Waals surface area contributed by atoms with Crippen LogP contribution in [0.2, 0.25) is 0 Å². The average Bonchev–Trinajstić information content (AvgIpc) is 3.16. The second-order valence-electron chi connectivity index (χ2n) is 4.84. The van der Waals surface area contributed by atoms with Gasteiger partial charge in [0.25, 0.3) is 0 Å². The van der Waals surface area contributed by atoms with E-state index in [1.165, 1.54) is 0 Å². The molecule has 102 valence electrons. The Morgan fingerprint density at radius 2 is 2.00 bits per heavy atom. The SMILES string of the molecule is CC(NC(=O)Nc1ccccc1Br)(C(=O)O)C1CC1. The van der Waals surface area contributed by atoms with Crippen molar-refractivity contribution in [2.75, 3.05) is 5.32 Å². The Morgan fingerprint density at radius 1 is 1.37 bits per heavy atom. The van der Waals surface area contributed by atoms with Gasteiger partial charge in [-0.3, -0.25) is 0 Å². The fourth-order valence-corrected chi connectivity index (χ4v) is 2.33. The van der Waals surface area contributed by atoms with Crippen molar-refractivity contribution in [2.24, 2.45) is 5.92 Å². The van der Waals surface area contributed by atoms with Crippen LogP contribution in [-0.2, 0) is 4.79 Å². The lowest BCUT2D eigenvalue weighted by Gasteiger charge is -2.26. The van der Waals surface area contributed by atoms with Gasteiger partial charge in [0.05, 0.1) is 5.69 Å². The number of nitrogens with one attached hydrogen (secondary N) is 2. The van der Waals surface area contributed by atoms with E-state index in [2.05, 4.69) is 26.6 Å². The van der Waals surface area contributed by atoms with E-state index in [1.54, 1.807) is 25.1 Å². The molecule has 0 saturated heterocycles. The van der Waals surface area contributed by atoms with Crippen LogP contribution in [0.3, 0.4) is 0 Å². The lowest BCUT2D eigenvalue weighted by Crippen LogP contribution is -2.55. The molecule has 19 heavy (non-hydrogen) atoms. The van der Waals surface area contributed by atoms with Gasteiger partial charge in [0.15, 0.2) is 0 Å². The molecule has 1 atom stereocenters. The van der Waals surface area contributed by atoms with E-state index in [0.29, 0.717) is 5.69 Å². The molecule has 0 radical (unpaired) electrons. The molecule has 2 amide bonds. The minimum Gasteiger partial charge on any atom is -0.480 e. The summed E-state index contributed by atoms with van der Waals surface area (Å²) in [4.78, 5) is 23.2. The molecule has 2 rings (SSSR count). The lowest BCUT2D eigenvalue weighted by atomic mass is 9.96. The average molecular weight is 327 g/mol. The number of hydrogen-bond acceptors (Lipinski definition) is 2. The summed E-state index contributed by atoms with van der Waals surface area (Å²) in [5, 5.41) is 14.5. The Kier molecular flexibility index (Phi) is 3.80. The van der Waals surface area contributed by atoms with Crippen LogP contribution >= 0.6 is 15.9 Å². The van der Waals surface area contributed by atoms with Crippen LogP contribution < -0.4 is 10.6 Å². The normalized spacial score (nSPS) is 17.4. The molecule has 0 spiro atoms. The number of urea groups is 1. The number of benzene rings is 1. The Labute approximate surface area is 119 Å². The molecule has 5 nitrogen and oxygen atoms in total. The smallest absolute Gasteiger partial charge is 0.329 e. The van der Waals surface area contributed by atoms with Gasteiger partial charge in [-0.05, 0) is 53.7 Å². The molecule has 6 heteroatoms. The van der Waals surface area contributed by atoms with Gasteiger partial charge in [-0.15, -0.1) is 0 Å². The molecule has 0 heterocycles. The Balaban J connectivity index is 2.05. The zero-order valence-corrected chi connectivity index (χ0v) is 12.0. The molecule has 1 aromatic carbocycles. The van der Waals surface area contributed by atoms with Crippen LogP contribution in [0.1, 0.15) is 19.8 Å². The van der Waals surface area contributed by atoms with Crippen LogP contribution in [0.5, 0.6) is 0 Å². The van der Waals surface area contributed by atoms with Gasteiger partial charge >= 0.3 is 12.0 Å². The van der Waals surface area contributed by atoms with Crippen LogP contribution in [0.15, 0.2) is 28.7 Å². The Bertz CT molecular complexity index is 516. The highest BCUT2D eigenvalue weighted by molar-refractivity contribution is 9.10. The van der Waals surface area contributed by atoms with Crippen molar-refractivity contribution in [3.8, 4) is 0 Å². The quantitative estimate of drug-likeness (QED) is 0.796. The molecular weight excluding hydrogens is 312 g/mol. The van der Waals surface area contributed by atoms with Crippen molar-refractivity contribution in [1.82, 2.24) is 5.32 Å². The highest BCUT2D eigenvalue weighted by atomic mass is 79.9. The number of hydrogen-bond donors (Lipinski definition) is 3. The van der Waals surface area contributed by atoms with Crippen molar-refractivity contribution in [2.45, 2.75) is 25.3 Å². The molecule has 0 aliphatic heterocycles. The van der Waals surface area contributed by atoms with E-state index in [4.69, 9.17) is 0 Å². The molecule has 1 aliphatic rings. The monoisotopic (exact) mass is 326 g/mol. The molecule has 0 aromatic heterocycles. The second kappa shape index (κ2) is 5.21. The minimum absolute atomic E-state index is 0.00923. The summed E-state index contributed by atoms with van der Waals surface area (Å²) in [5.41, 5.74) is -0.603. The lowest BCUT2D eigenvalue weighted by molar-refractivity contribution is -0.144. The zero-order chi connectivity index (χ0) is 14.0. The summed E-state index contributed by atoms with van der Waals surface area (Å²) in [6, 6.07) is 6.64. The number of amides is 2. The van der Waals surface area contributed by atoms with Gasteiger partial charge < -0.3 is 15.7 Å². The van der Waals surface area contributed by atoms with Crippen LogP contribution in [-0.4, -0.2) is 22.6 Å². The standard InChI is InChI=1S/C13H15BrN2O3/c1-13(11(17)18,8-6-7-8)16-12(19)15-10-5-3-2-4-9(10)14/h2-5,8H,6-7H2,1H3,(H,17,18)(H2,15,16,19). The predicted octanol–water partition coefficient (Wildman–Crippen LogP) is 2.82. The maximum absolute atomic E-state index is 11.9. The molecule has 3 N–H and O–H groups in total. The molecular formula is C13H15BrN2O3. The van der Waals surface area contributed by atoms with Gasteiger partial charge in [0, 0.05) is 4.47 Å². The molecule has 1 aliphatic carbocycles. The third-order valence-corrected chi connectivity index (χ3v) is 4.02. The molecule has 1 aromatic rings. The number of anilines is 1. The van der Waals surface area contributed by atoms with Crippen LogP contribution in [0.4, 0.5) is 10.5 Å². The number of halogens is 1. The Hall–Kier alpha value is -1.56. The highest BCUT2D eigenvalue weighted by Gasteiger charge is 2.48. The first-order valence-corrected chi connectivity index (χ1v) is 6.80. The number of carboxylic acids is 1. The van der Waals surface area contributed by atoms with Gasteiger partial charge in [-0.25, -0.2) is 9.59 Å². The Morgan fingerprint density at radius 3 is 2.53 bits per heavy atom. The van der Waals surface area contributed by atoms with E-state index in [1.807, 2.05) is 6.07 Å². The second-order valence-corrected chi connectivity index (χ2v) is 5.70. The number of carbonyl (C=O) groups excluding carboxylic acids is 1. The van der Waals surface area contributed by atoms with Gasteiger partial charge in [0.2, 0.25) is 0 Å². The third-order valence-electron chi connectivity index (χ3n) is 3.33. The van der Waals surface area contributed by atoms with Crippen LogP contribution in [0.25, 0.3) is 0 Å². The van der Waals surface area contributed by atoms with Gasteiger partial charge in [0.1, 0.15) is 5.54 Å². The minimum atomic E-state index is -1.20. The van der Waals surface area contributed by atoms with Crippen molar-refractivity contribution in [3.05, 3.63) is 28.7 Å². The van der Waals surface area contributed by atoms with Gasteiger partial charge in [-0.1, -0.05) is 12.1 Å². The van der Waals surface area contributed by atoms with Crippen molar-refractivity contribution < 1.29 is 14.7 Å². The van der Waals surface area contributed by atoms with E-state index in [-0.39, 0.29) is 5.92 Å². The predicted molar refractivity (Wildman–Crippen MR) is 75.1 cm³/mol. The van der Waals surface area contributed by atoms with Crippen LogP contribution in [0, 0.1) is 5.92 Å². The maximum atomic E-state index is 11.9. The fourth-order valence-electron chi connectivity index (χ4n) is 1.94. The largest absolute Gasteiger partial charge is 0.480 e. The van der Waals surface area contributed by atoms with Crippen molar-refractivity contribution >= 4 is 33.6 Å². The maximum Gasteiger partial charge on any atom is 0.329 e. The summed E-state index contributed by atoms with van der Waals surface area (Å²) >= 11 is 3.32. The van der Waals surface area contributed by atoms with E-state index in [0.717, 1.165) is 17.3 Å². The van der Waals surface area contributed by atoms with Crippen molar-refractivity contribution in [1.29, 1.82) is 0 Å². The summed E-state index contributed by atoms with van der Waals surface area (Å²) in [5.74, 6) is -0.993. The van der Waals surface area contributed by atoms with Gasteiger partial charge in [-0.2, -0.15) is 0 Å². The summed E-state index contributed by atoms with van der Waals surface area (Å²) in [6.45, 7) is 1.55. The molecule has 1 unspecified atom stereocenters. The number of carbonyl (C=O) groups is 2. The summed E-state index contributed by atoms with van der Waals surface area (Å²) in [7, 11) is 0. The van der Waals surface area contributed by atoms with E-state index < -0.39 is 17.5 Å². The summed E-state index contributed by atoms with van der Waals surface area (Å²) < 4.78 is 0.744. The molecule has 0 bridgehead atoms. The number of rotatable bonds is 4. The van der Waals surface area contributed by atoms with E-state index >= 15 is 0 Å². The zero-order valence-electron chi connectivity index (χ0n) is 10.4. The highest BCUT2D eigenvalue weighted by Crippen LogP contribution is 2.39.